The highest BCUT2D eigenvalue weighted by Crippen LogP contribution is 2.19. The number of nitrogens with zero attached hydrogens (tertiary/aromatic N) is 1. The van der Waals surface area contributed by atoms with Gasteiger partial charge in [-0.25, -0.2) is 4.79 Å². The van der Waals surface area contributed by atoms with Crippen molar-refractivity contribution in [2.45, 2.75) is 13.8 Å². The zero-order valence-electron chi connectivity index (χ0n) is 11.8. The molecule has 0 amide bonds. The summed E-state index contributed by atoms with van der Waals surface area (Å²) in [7, 11) is 0. The molecule has 2 aromatic carbocycles. The van der Waals surface area contributed by atoms with E-state index in [1.165, 1.54) is 12.1 Å². The molecule has 0 unspecified atom stereocenters. The van der Waals surface area contributed by atoms with Gasteiger partial charge in [0.15, 0.2) is 0 Å². The van der Waals surface area contributed by atoms with Crippen LogP contribution in [0.1, 0.15) is 28.4 Å². The van der Waals surface area contributed by atoms with Crippen molar-refractivity contribution in [1.29, 1.82) is 0 Å². The first kappa shape index (κ1) is 14.6. The van der Waals surface area contributed by atoms with Gasteiger partial charge in [-0.3, -0.25) is 5.43 Å². The minimum atomic E-state index is -0.967. The number of aromatic hydroxyl groups is 1. The third-order valence-corrected chi connectivity index (χ3v) is 3.03. The van der Waals surface area contributed by atoms with Gasteiger partial charge in [0, 0.05) is 5.56 Å². The number of phenols is 1. The topological polar surface area (TPSA) is 81.9 Å². The van der Waals surface area contributed by atoms with Crippen LogP contribution in [0.5, 0.6) is 5.75 Å². The number of nitrogens with one attached hydrogen (secondary N) is 1. The Hall–Kier alpha value is -2.82. The maximum Gasteiger partial charge on any atom is 0.335 e. The van der Waals surface area contributed by atoms with Gasteiger partial charge in [0.2, 0.25) is 0 Å². The fourth-order valence-corrected chi connectivity index (χ4v) is 1.84. The van der Waals surface area contributed by atoms with E-state index >= 15 is 0 Å². The number of carboxylic acid groups (broad SMARTS) is 1. The number of phenolic OH excluding ortho intramolecular Hbond substituents is 1. The molecule has 0 spiro atoms. The van der Waals surface area contributed by atoms with Gasteiger partial charge < -0.3 is 10.2 Å². The van der Waals surface area contributed by atoms with Gasteiger partial charge in [-0.1, -0.05) is 6.07 Å². The molecule has 0 aliphatic heterocycles. The summed E-state index contributed by atoms with van der Waals surface area (Å²) in [5.41, 5.74) is 5.98. The van der Waals surface area contributed by atoms with Gasteiger partial charge in [0.05, 0.1) is 17.0 Å². The summed E-state index contributed by atoms with van der Waals surface area (Å²) < 4.78 is 0. The highest BCUT2D eigenvalue weighted by Gasteiger charge is 2.05. The Balaban J connectivity index is 2.14. The zero-order valence-corrected chi connectivity index (χ0v) is 11.8. The van der Waals surface area contributed by atoms with Gasteiger partial charge in [0.1, 0.15) is 5.75 Å². The number of hydrogen-bond acceptors (Lipinski definition) is 4. The summed E-state index contributed by atoms with van der Waals surface area (Å²) in [6, 6.07) is 11.6. The van der Waals surface area contributed by atoms with Crippen molar-refractivity contribution in [3.63, 3.8) is 0 Å². The predicted octanol–water partition coefficient (Wildman–Crippen LogP) is 3.23. The van der Waals surface area contributed by atoms with Crippen LogP contribution >= 0.6 is 0 Å². The van der Waals surface area contributed by atoms with E-state index in [1.807, 2.05) is 13.0 Å². The first-order valence-corrected chi connectivity index (χ1v) is 6.41. The third-order valence-electron chi connectivity index (χ3n) is 3.03. The monoisotopic (exact) mass is 284 g/mol. The summed E-state index contributed by atoms with van der Waals surface area (Å²) in [4.78, 5) is 10.8. The summed E-state index contributed by atoms with van der Waals surface area (Å²) in [6.45, 7) is 3.68. The molecule has 2 aromatic rings. The van der Waals surface area contributed by atoms with Crippen LogP contribution in [0, 0.1) is 6.92 Å². The minimum Gasteiger partial charge on any atom is -0.507 e. The van der Waals surface area contributed by atoms with Crippen molar-refractivity contribution in [2.75, 3.05) is 5.43 Å². The Labute approximate surface area is 122 Å². The highest BCUT2D eigenvalue weighted by atomic mass is 16.4. The Kier molecular flexibility index (Phi) is 4.23. The molecule has 0 bridgehead atoms. The number of hydrogen-bond donors (Lipinski definition) is 3. The van der Waals surface area contributed by atoms with Crippen LogP contribution in [-0.2, 0) is 0 Å². The molecule has 0 atom stereocenters. The number of aryl methyl sites for hydroxylation is 1. The molecule has 0 saturated heterocycles. The van der Waals surface area contributed by atoms with Crippen LogP contribution in [0.4, 0.5) is 5.69 Å². The predicted molar refractivity (Wildman–Crippen MR) is 82.1 cm³/mol. The third kappa shape index (κ3) is 3.60. The molecule has 0 saturated carbocycles. The number of hydrazone groups is 1. The summed E-state index contributed by atoms with van der Waals surface area (Å²) >= 11 is 0. The minimum absolute atomic E-state index is 0.180. The highest BCUT2D eigenvalue weighted by molar-refractivity contribution is 6.01. The molecule has 108 valence electrons. The Bertz CT molecular complexity index is 691. The lowest BCUT2D eigenvalue weighted by atomic mass is 10.1. The van der Waals surface area contributed by atoms with E-state index in [0.717, 1.165) is 5.56 Å². The Morgan fingerprint density at radius 2 is 1.81 bits per heavy atom. The van der Waals surface area contributed by atoms with Gasteiger partial charge in [-0.05, 0) is 55.8 Å². The second-order valence-corrected chi connectivity index (χ2v) is 4.71. The van der Waals surface area contributed by atoms with E-state index in [-0.39, 0.29) is 11.3 Å². The molecule has 5 nitrogen and oxygen atoms in total. The second-order valence-electron chi connectivity index (χ2n) is 4.71. The van der Waals surface area contributed by atoms with Gasteiger partial charge in [-0.2, -0.15) is 5.10 Å². The molecule has 0 heterocycles. The lowest BCUT2D eigenvalue weighted by Gasteiger charge is -2.06. The number of rotatable bonds is 4. The van der Waals surface area contributed by atoms with Crippen LogP contribution in [0.2, 0.25) is 0 Å². The number of anilines is 1. The molecule has 0 aliphatic rings. The lowest BCUT2D eigenvalue weighted by molar-refractivity contribution is 0.0697. The van der Waals surface area contributed by atoms with Crippen LogP contribution in [0.15, 0.2) is 47.6 Å². The molecule has 0 aliphatic carbocycles. The molecule has 21 heavy (non-hydrogen) atoms. The number of benzene rings is 2. The van der Waals surface area contributed by atoms with Crippen LogP contribution in [0.3, 0.4) is 0 Å². The zero-order chi connectivity index (χ0) is 15.4. The van der Waals surface area contributed by atoms with Crippen molar-refractivity contribution in [2.24, 2.45) is 5.10 Å². The number of carboxylic acids is 1. The van der Waals surface area contributed by atoms with Gasteiger partial charge in [0.25, 0.3) is 0 Å². The van der Waals surface area contributed by atoms with Crippen molar-refractivity contribution >= 4 is 17.4 Å². The molecule has 3 N–H and O–H groups in total. The number of carbonyl (C=O) groups is 1. The Morgan fingerprint density at radius 3 is 2.38 bits per heavy atom. The smallest absolute Gasteiger partial charge is 0.335 e. The number of aromatic carboxylic acids is 1. The summed E-state index contributed by atoms with van der Waals surface area (Å²) in [5.74, 6) is -0.787. The molecule has 0 aromatic heterocycles. The fourth-order valence-electron chi connectivity index (χ4n) is 1.84. The molecular weight excluding hydrogens is 268 g/mol. The van der Waals surface area contributed by atoms with E-state index in [1.54, 1.807) is 31.2 Å². The van der Waals surface area contributed by atoms with Crippen LogP contribution < -0.4 is 5.43 Å². The van der Waals surface area contributed by atoms with E-state index in [2.05, 4.69) is 10.5 Å². The van der Waals surface area contributed by atoms with E-state index in [4.69, 9.17) is 5.11 Å². The Morgan fingerprint density at radius 1 is 1.14 bits per heavy atom. The summed E-state index contributed by atoms with van der Waals surface area (Å²) in [5, 5.41) is 22.9. The molecule has 0 radical (unpaired) electrons. The molecule has 0 fully saturated rings. The first-order valence-electron chi connectivity index (χ1n) is 6.41. The molecule has 5 heteroatoms. The average Bonchev–Trinajstić information content (AvgIpc) is 2.45. The second kappa shape index (κ2) is 6.09. The van der Waals surface area contributed by atoms with Gasteiger partial charge >= 0.3 is 5.97 Å². The largest absolute Gasteiger partial charge is 0.507 e. The van der Waals surface area contributed by atoms with Crippen molar-refractivity contribution in [1.82, 2.24) is 0 Å². The standard InChI is InChI=1S/C16H16N2O3/c1-10-3-8-14(15(19)9-10)11(2)17-18-13-6-4-12(5-7-13)16(20)21/h3-9,18-19H,1-2H3,(H,20,21)/b17-11-. The molecular formula is C16H16N2O3. The van der Waals surface area contributed by atoms with E-state index in [0.29, 0.717) is 17.0 Å². The first-order chi connectivity index (χ1) is 9.97. The van der Waals surface area contributed by atoms with E-state index < -0.39 is 5.97 Å². The maximum atomic E-state index is 10.8. The SMILES string of the molecule is C/C(=N/Nc1ccc(C(=O)O)cc1)c1ccc(C)cc1O. The fraction of sp³-hybridized carbons (Fsp3) is 0.125. The van der Waals surface area contributed by atoms with Crippen LogP contribution in [0.25, 0.3) is 0 Å². The lowest BCUT2D eigenvalue weighted by Crippen LogP contribution is -2.01. The quantitative estimate of drug-likeness (QED) is 0.594. The van der Waals surface area contributed by atoms with Gasteiger partial charge in [-0.15, -0.1) is 0 Å². The summed E-state index contributed by atoms with van der Waals surface area (Å²) in [6.07, 6.45) is 0. The average molecular weight is 284 g/mol. The normalized spacial score (nSPS) is 11.2. The van der Waals surface area contributed by atoms with Crippen molar-refractivity contribution in [3.8, 4) is 5.75 Å². The van der Waals surface area contributed by atoms with Crippen molar-refractivity contribution in [3.05, 3.63) is 59.2 Å². The maximum absolute atomic E-state index is 10.8. The van der Waals surface area contributed by atoms with E-state index in [9.17, 15) is 9.90 Å². The molecule has 2 rings (SSSR count). The van der Waals surface area contributed by atoms with Crippen LogP contribution in [-0.4, -0.2) is 21.9 Å². The van der Waals surface area contributed by atoms with Crippen molar-refractivity contribution < 1.29 is 15.0 Å².